The van der Waals surface area contributed by atoms with Gasteiger partial charge in [-0.3, -0.25) is 10.1 Å². The van der Waals surface area contributed by atoms with E-state index in [1.165, 1.54) is 30.2 Å². The highest BCUT2D eigenvalue weighted by Gasteiger charge is 2.43. The number of rotatable bonds is 7. The van der Waals surface area contributed by atoms with Crippen molar-refractivity contribution in [2.24, 2.45) is 5.92 Å². The van der Waals surface area contributed by atoms with Crippen LogP contribution < -0.4 is 5.32 Å². The lowest BCUT2D eigenvalue weighted by atomic mass is 9.83. The molecule has 32 heavy (non-hydrogen) atoms. The van der Waals surface area contributed by atoms with Crippen LogP contribution in [-0.2, 0) is 9.53 Å². The molecule has 2 amide bonds. The number of anilines is 1. The molecule has 0 unspecified atom stereocenters. The van der Waals surface area contributed by atoms with Crippen LogP contribution in [0.1, 0.15) is 64.2 Å². The first-order valence-corrected chi connectivity index (χ1v) is 12.9. The molecule has 1 N–H and O–H groups in total. The van der Waals surface area contributed by atoms with Gasteiger partial charge in [-0.05, 0) is 38.5 Å². The van der Waals surface area contributed by atoms with E-state index in [2.05, 4.69) is 15.0 Å². The van der Waals surface area contributed by atoms with Crippen LogP contribution in [0.4, 0.5) is 23.1 Å². The van der Waals surface area contributed by atoms with E-state index in [9.17, 15) is 22.8 Å². The number of ether oxygens (including phenoxy) is 1. The molecule has 0 spiro atoms. The number of amides is 2. The molecule has 0 bridgehead atoms. The van der Waals surface area contributed by atoms with Crippen LogP contribution in [0.5, 0.6) is 0 Å². The molecule has 0 atom stereocenters. The molecule has 0 aromatic carbocycles. The summed E-state index contributed by atoms with van der Waals surface area (Å²) in [7, 11) is 1.35. The molecule has 3 rings (SSSR count). The van der Waals surface area contributed by atoms with E-state index in [-0.39, 0.29) is 43.3 Å². The summed E-state index contributed by atoms with van der Waals surface area (Å²) in [6, 6.07) is -0.386. The fourth-order valence-corrected chi connectivity index (χ4v) is 6.41. The Balaban J connectivity index is 1.61. The number of esters is 1. The summed E-state index contributed by atoms with van der Waals surface area (Å²) in [5, 5.41) is 3.33. The van der Waals surface area contributed by atoms with Gasteiger partial charge >= 0.3 is 18.2 Å². The van der Waals surface area contributed by atoms with Crippen LogP contribution in [0, 0.1) is 5.92 Å². The second-order valence-corrected chi connectivity index (χ2v) is 10.8. The number of nitrogens with one attached hydrogen (secondary N) is 1. The summed E-state index contributed by atoms with van der Waals surface area (Å²) in [6.45, 7) is 0. The van der Waals surface area contributed by atoms with Gasteiger partial charge in [0.05, 0.1) is 29.9 Å². The molecule has 1 aromatic heterocycles. The van der Waals surface area contributed by atoms with Crippen LogP contribution >= 0.6 is 23.1 Å². The van der Waals surface area contributed by atoms with Crippen molar-refractivity contribution in [2.75, 3.05) is 18.2 Å². The van der Waals surface area contributed by atoms with Crippen molar-refractivity contribution in [1.82, 2.24) is 9.88 Å². The average molecular weight is 494 g/mol. The second kappa shape index (κ2) is 11.6. The van der Waals surface area contributed by atoms with E-state index < -0.39 is 12.1 Å². The maximum absolute atomic E-state index is 13.2. The van der Waals surface area contributed by atoms with Crippen molar-refractivity contribution in [3.05, 3.63) is 6.20 Å². The Morgan fingerprint density at radius 3 is 2.44 bits per heavy atom. The van der Waals surface area contributed by atoms with Gasteiger partial charge in [-0.1, -0.05) is 30.6 Å². The van der Waals surface area contributed by atoms with Gasteiger partial charge in [0.15, 0.2) is 5.13 Å². The van der Waals surface area contributed by atoms with Crippen molar-refractivity contribution in [3.8, 4) is 0 Å². The zero-order chi connectivity index (χ0) is 23.1. The highest BCUT2D eigenvalue weighted by atomic mass is 32.2. The summed E-state index contributed by atoms with van der Waals surface area (Å²) < 4.78 is 44.8. The molecule has 2 saturated carbocycles. The maximum atomic E-state index is 13.2. The minimum atomic E-state index is -4.16. The van der Waals surface area contributed by atoms with Crippen LogP contribution in [-0.4, -0.2) is 53.0 Å². The molecule has 2 aliphatic rings. The number of thioether (sulfide) groups is 1. The summed E-state index contributed by atoms with van der Waals surface area (Å²) in [5.41, 5.74) is 0. The van der Waals surface area contributed by atoms with Crippen molar-refractivity contribution in [2.45, 2.75) is 86.7 Å². The van der Waals surface area contributed by atoms with Gasteiger partial charge in [-0.25, -0.2) is 9.78 Å². The van der Waals surface area contributed by atoms with Crippen LogP contribution in [0.15, 0.2) is 10.4 Å². The minimum absolute atomic E-state index is 0.0602. The number of carbonyl (C=O) groups excluding carboxylic acids is 2. The number of hydrogen-bond donors (Lipinski definition) is 1. The summed E-state index contributed by atoms with van der Waals surface area (Å²) in [4.78, 5) is 30.5. The van der Waals surface area contributed by atoms with Crippen LogP contribution in [0.2, 0.25) is 0 Å². The summed E-state index contributed by atoms with van der Waals surface area (Å²) >= 11 is 2.79. The molecule has 0 radical (unpaired) electrons. The van der Waals surface area contributed by atoms with Gasteiger partial charge in [-0.2, -0.15) is 13.2 Å². The Bertz CT molecular complexity index is 761. The highest BCUT2D eigenvalue weighted by Crippen LogP contribution is 2.40. The number of thiazole rings is 1. The third kappa shape index (κ3) is 7.00. The van der Waals surface area contributed by atoms with E-state index in [1.807, 2.05) is 4.90 Å². The first-order valence-electron chi connectivity index (χ1n) is 11.1. The molecular formula is C21H30F3N3O3S2. The highest BCUT2D eigenvalue weighted by molar-refractivity contribution is 8.01. The molecule has 6 nitrogen and oxygen atoms in total. The maximum Gasteiger partial charge on any atom is 0.391 e. The SMILES string of the molecule is COC(=O)CCSc1cnc(NC(=O)N(C2CCCCC2)C2CCC(C(F)(F)F)CC2)s1. The van der Waals surface area contributed by atoms with Gasteiger partial charge in [-0.15, -0.1) is 11.8 Å². The third-order valence-corrected chi connectivity index (χ3v) is 8.34. The van der Waals surface area contributed by atoms with E-state index >= 15 is 0 Å². The Morgan fingerprint density at radius 1 is 1.16 bits per heavy atom. The smallest absolute Gasteiger partial charge is 0.391 e. The van der Waals surface area contributed by atoms with E-state index in [4.69, 9.17) is 0 Å². The topological polar surface area (TPSA) is 71.5 Å². The monoisotopic (exact) mass is 493 g/mol. The van der Waals surface area contributed by atoms with Crippen molar-refractivity contribution in [1.29, 1.82) is 0 Å². The summed E-state index contributed by atoms with van der Waals surface area (Å²) in [6.07, 6.45) is 3.65. The number of hydrogen-bond acceptors (Lipinski definition) is 6. The fourth-order valence-electron chi connectivity index (χ4n) is 4.55. The third-order valence-electron chi connectivity index (χ3n) is 6.23. The van der Waals surface area contributed by atoms with Crippen molar-refractivity contribution in [3.63, 3.8) is 0 Å². The molecule has 0 saturated heterocycles. The number of alkyl halides is 3. The van der Waals surface area contributed by atoms with Gasteiger partial charge in [0.25, 0.3) is 0 Å². The molecular weight excluding hydrogens is 463 g/mol. The number of methoxy groups -OCH3 is 1. The number of urea groups is 1. The lowest BCUT2D eigenvalue weighted by Gasteiger charge is -2.42. The van der Waals surface area contributed by atoms with Crippen LogP contribution in [0.3, 0.4) is 0 Å². The standard InChI is InChI=1S/C21H30F3N3O3S2/c1-30-17(28)11-12-31-18-13-25-19(32-18)26-20(29)27(15-5-3-2-4-6-15)16-9-7-14(8-10-16)21(22,23)24/h13-16H,2-12H2,1H3,(H,25,26,29). The fraction of sp³-hybridized carbons (Fsp3) is 0.762. The zero-order valence-electron chi connectivity index (χ0n) is 18.2. The van der Waals surface area contributed by atoms with Crippen molar-refractivity contribution < 1.29 is 27.5 Å². The van der Waals surface area contributed by atoms with E-state index in [1.54, 1.807) is 6.20 Å². The Labute approximate surface area is 194 Å². The molecule has 1 heterocycles. The first-order chi connectivity index (χ1) is 15.3. The quantitative estimate of drug-likeness (QED) is 0.368. The second-order valence-electron chi connectivity index (χ2n) is 8.34. The molecule has 2 fully saturated rings. The molecule has 0 aliphatic heterocycles. The van der Waals surface area contributed by atoms with Gasteiger partial charge in [0.1, 0.15) is 0 Å². The van der Waals surface area contributed by atoms with E-state index in [0.717, 1.165) is 36.3 Å². The normalized spacial score (nSPS) is 22.4. The Morgan fingerprint density at radius 2 is 1.81 bits per heavy atom. The van der Waals surface area contributed by atoms with Crippen LogP contribution in [0.25, 0.3) is 0 Å². The number of carbonyl (C=O) groups is 2. The number of aromatic nitrogens is 1. The van der Waals surface area contributed by atoms with Gasteiger partial charge in [0, 0.05) is 17.8 Å². The Kier molecular flexibility index (Phi) is 9.10. The number of halogens is 3. The van der Waals surface area contributed by atoms with E-state index in [0.29, 0.717) is 23.7 Å². The predicted octanol–water partition coefficient (Wildman–Crippen LogP) is 6.09. The zero-order valence-corrected chi connectivity index (χ0v) is 19.8. The lowest BCUT2D eigenvalue weighted by molar-refractivity contribution is -0.184. The molecule has 180 valence electrons. The van der Waals surface area contributed by atoms with Crippen molar-refractivity contribution >= 4 is 40.2 Å². The largest absolute Gasteiger partial charge is 0.469 e. The number of nitrogens with zero attached hydrogens (tertiary/aromatic N) is 2. The average Bonchev–Trinajstić information content (AvgIpc) is 3.21. The van der Waals surface area contributed by atoms with Gasteiger partial charge < -0.3 is 9.64 Å². The van der Waals surface area contributed by atoms with Gasteiger partial charge in [0.2, 0.25) is 0 Å². The molecule has 2 aliphatic carbocycles. The first kappa shape index (κ1) is 25.1. The predicted molar refractivity (Wildman–Crippen MR) is 119 cm³/mol. The molecule has 11 heteroatoms. The minimum Gasteiger partial charge on any atom is -0.469 e. The lowest BCUT2D eigenvalue weighted by Crippen LogP contribution is -2.51. The summed E-state index contributed by atoms with van der Waals surface area (Å²) in [5.74, 6) is -0.990. The Hall–Kier alpha value is -1.49. The molecule has 1 aromatic rings.